The lowest BCUT2D eigenvalue weighted by molar-refractivity contribution is -0.142. The number of aromatic hydroxyl groups is 2. The summed E-state index contributed by atoms with van der Waals surface area (Å²) >= 11 is 4.05. The first-order valence-electron chi connectivity index (χ1n) is 11.9. The van der Waals surface area contributed by atoms with Gasteiger partial charge in [0.05, 0.1) is 29.1 Å². The van der Waals surface area contributed by atoms with Gasteiger partial charge in [0.25, 0.3) is 5.91 Å². The van der Waals surface area contributed by atoms with Gasteiger partial charge >= 0.3 is 0 Å². The van der Waals surface area contributed by atoms with Crippen molar-refractivity contribution in [2.24, 2.45) is 0 Å². The SMILES string of the molecule is COc1cccc2c1C(=O)c1c(O)c3c(c(O)c1C2=O)C[C@@](O)(C(=O)NCCN1C(=O)CC(S)C1=O)CC3. The molecule has 2 atom stereocenters. The number of ketones is 2. The van der Waals surface area contributed by atoms with Crippen molar-refractivity contribution in [3.05, 3.63) is 51.6 Å². The molecule has 3 aliphatic rings. The topological polar surface area (TPSA) is 171 Å². The minimum Gasteiger partial charge on any atom is -0.507 e. The minimum atomic E-state index is -2.01. The number of benzene rings is 2. The van der Waals surface area contributed by atoms with Gasteiger partial charge < -0.3 is 25.4 Å². The molecular formula is C26H24N2O9S. The molecule has 1 fully saturated rings. The Hall–Kier alpha value is -3.90. The summed E-state index contributed by atoms with van der Waals surface area (Å²) in [5.74, 6) is -3.98. The van der Waals surface area contributed by atoms with Crippen LogP contribution >= 0.6 is 12.6 Å². The Morgan fingerprint density at radius 2 is 1.79 bits per heavy atom. The highest BCUT2D eigenvalue weighted by Gasteiger charge is 2.46. The fourth-order valence-corrected chi connectivity index (χ4v) is 5.66. The van der Waals surface area contributed by atoms with Gasteiger partial charge in [0, 0.05) is 42.6 Å². The molecule has 2 aromatic carbocycles. The van der Waals surface area contributed by atoms with Crippen molar-refractivity contribution in [3.63, 3.8) is 0 Å². The highest BCUT2D eigenvalue weighted by molar-refractivity contribution is 7.81. The van der Waals surface area contributed by atoms with Crippen LogP contribution in [-0.4, -0.2) is 80.6 Å². The summed E-state index contributed by atoms with van der Waals surface area (Å²) in [5.41, 5.74) is -2.64. The predicted molar refractivity (Wildman–Crippen MR) is 134 cm³/mol. The molecular weight excluding hydrogens is 516 g/mol. The van der Waals surface area contributed by atoms with E-state index in [0.717, 1.165) is 4.90 Å². The zero-order chi connectivity index (χ0) is 27.5. The standard InChI is InChI=1S/C26H24N2O9S/c1-37-14-4-2-3-12-17(14)23(33)19-18(21(12)31)22(32)13-10-26(36,6-5-11(13)20(19)30)25(35)27-7-8-28-16(29)9-15(38)24(28)34/h2-4,15,30,32,36,38H,5-10H2,1H3,(H,27,35)/t15?,26-/m1/s1. The number of hydrogen-bond acceptors (Lipinski definition) is 10. The van der Waals surface area contributed by atoms with Crippen LogP contribution in [0.2, 0.25) is 0 Å². The Balaban J connectivity index is 1.42. The lowest BCUT2D eigenvalue weighted by Gasteiger charge is -2.34. The second kappa shape index (κ2) is 9.14. The number of nitrogens with zero attached hydrogens (tertiary/aromatic N) is 1. The third-order valence-corrected chi connectivity index (χ3v) is 7.76. The molecule has 1 heterocycles. The van der Waals surface area contributed by atoms with Crippen LogP contribution in [-0.2, 0) is 27.2 Å². The monoisotopic (exact) mass is 540 g/mol. The molecule has 2 aliphatic carbocycles. The van der Waals surface area contributed by atoms with Crippen LogP contribution in [0.3, 0.4) is 0 Å². The smallest absolute Gasteiger partial charge is 0.252 e. The number of amides is 3. The van der Waals surface area contributed by atoms with Gasteiger partial charge in [-0.25, -0.2) is 0 Å². The van der Waals surface area contributed by atoms with Crippen LogP contribution in [0.4, 0.5) is 0 Å². The fourth-order valence-electron chi connectivity index (χ4n) is 5.36. The quantitative estimate of drug-likeness (QED) is 0.173. The average Bonchev–Trinajstić information content (AvgIpc) is 3.14. The number of ether oxygens (including phenoxy) is 1. The molecule has 11 nitrogen and oxygen atoms in total. The maximum absolute atomic E-state index is 13.3. The maximum Gasteiger partial charge on any atom is 0.252 e. The number of carbonyl (C=O) groups is 5. The maximum atomic E-state index is 13.3. The molecule has 1 aliphatic heterocycles. The Morgan fingerprint density at radius 3 is 2.45 bits per heavy atom. The summed E-state index contributed by atoms with van der Waals surface area (Å²) in [4.78, 5) is 64.5. The molecule has 38 heavy (non-hydrogen) atoms. The number of nitrogens with one attached hydrogen (secondary N) is 1. The Labute approximate surface area is 221 Å². The molecule has 198 valence electrons. The van der Waals surface area contributed by atoms with Crippen molar-refractivity contribution < 1.29 is 44.0 Å². The summed E-state index contributed by atoms with van der Waals surface area (Å²) in [5, 5.41) is 35.1. The van der Waals surface area contributed by atoms with Gasteiger partial charge in [-0.15, -0.1) is 0 Å². The van der Waals surface area contributed by atoms with Gasteiger partial charge in [-0.1, -0.05) is 12.1 Å². The van der Waals surface area contributed by atoms with Gasteiger partial charge in [-0.2, -0.15) is 12.6 Å². The summed E-state index contributed by atoms with van der Waals surface area (Å²) in [6.07, 6.45) is -0.688. The molecule has 0 radical (unpaired) electrons. The van der Waals surface area contributed by atoms with E-state index in [4.69, 9.17) is 4.74 Å². The summed E-state index contributed by atoms with van der Waals surface area (Å²) in [7, 11) is 1.34. The van der Waals surface area contributed by atoms with Crippen molar-refractivity contribution >= 4 is 41.9 Å². The van der Waals surface area contributed by atoms with E-state index in [1.807, 2.05) is 0 Å². The number of phenols is 2. The molecule has 1 saturated heterocycles. The molecule has 2 aromatic rings. The van der Waals surface area contributed by atoms with E-state index >= 15 is 0 Å². The molecule has 0 spiro atoms. The fraction of sp³-hybridized carbons (Fsp3) is 0.346. The van der Waals surface area contributed by atoms with E-state index in [2.05, 4.69) is 17.9 Å². The number of aliphatic hydroxyl groups is 1. The Bertz CT molecular complexity index is 1450. The lowest BCUT2D eigenvalue weighted by atomic mass is 9.74. The first-order valence-corrected chi connectivity index (χ1v) is 12.4. The molecule has 4 N–H and O–H groups in total. The molecule has 3 amide bonds. The first-order chi connectivity index (χ1) is 18.0. The summed E-state index contributed by atoms with van der Waals surface area (Å²) < 4.78 is 5.23. The molecule has 12 heteroatoms. The third kappa shape index (κ3) is 3.74. The number of fused-ring (bicyclic) bond motifs is 3. The Kier molecular flexibility index (Phi) is 6.19. The minimum absolute atomic E-state index is 0.00484. The highest BCUT2D eigenvalue weighted by atomic mass is 32.1. The van der Waals surface area contributed by atoms with Crippen molar-refractivity contribution in [3.8, 4) is 17.2 Å². The molecule has 0 bridgehead atoms. The van der Waals surface area contributed by atoms with Gasteiger partial charge in [0.1, 0.15) is 22.8 Å². The molecule has 5 rings (SSSR count). The van der Waals surface area contributed by atoms with Gasteiger partial charge in [-0.05, 0) is 18.9 Å². The van der Waals surface area contributed by atoms with Crippen LogP contribution < -0.4 is 10.1 Å². The number of phenolic OH excluding ortho intramolecular Hbond substituents is 2. The second-order valence-electron chi connectivity index (χ2n) is 9.51. The number of carbonyl (C=O) groups excluding carboxylic acids is 5. The van der Waals surface area contributed by atoms with Crippen LogP contribution in [0.25, 0.3) is 0 Å². The Morgan fingerprint density at radius 1 is 1.11 bits per heavy atom. The lowest BCUT2D eigenvalue weighted by Crippen LogP contribution is -2.52. The number of imide groups is 1. The normalized spacial score (nSPS) is 22.2. The van der Waals surface area contributed by atoms with Crippen molar-refractivity contribution in [2.75, 3.05) is 20.2 Å². The number of rotatable bonds is 5. The van der Waals surface area contributed by atoms with Crippen molar-refractivity contribution in [2.45, 2.75) is 36.5 Å². The van der Waals surface area contributed by atoms with Crippen molar-refractivity contribution in [1.82, 2.24) is 10.2 Å². The highest BCUT2D eigenvalue weighted by Crippen LogP contribution is 2.48. The van der Waals surface area contributed by atoms with Gasteiger partial charge in [0.15, 0.2) is 5.78 Å². The van der Waals surface area contributed by atoms with E-state index in [-0.39, 0.29) is 65.9 Å². The van der Waals surface area contributed by atoms with Crippen LogP contribution in [0.1, 0.15) is 55.8 Å². The zero-order valence-electron chi connectivity index (χ0n) is 20.2. The average molecular weight is 541 g/mol. The van der Waals surface area contributed by atoms with E-state index in [1.54, 1.807) is 0 Å². The van der Waals surface area contributed by atoms with E-state index in [9.17, 15) is 39.3 Å². The zero-order valence-corrected chi connectivity index (χ0v) is 21.1. The molecule has 0 aromatic heterocycles. The van der Waals surface area contributed by atoms with E-state index < -0.39 is 63.6 Å². The summed E-state index contributed by atoms with van der Waals surface area (Å²) in [6.45, 7) is -0.203. The van der Waals surface area contributed by atoms with Crippen LogP contribution in [0.5, 0.6) is 17.2 Å². The second-order valence-corrected chi connectivity index (χ2v) is 10.1. The third-order valence-electron chi connectivity index (χ3n) is 7.35. The van der Waals surface area contributed by atoms with Crippen LogP contribution in [0.15, 0.2) is 18.2 Å². The van der Waals surface area contributed by atoms with E-state index in [0.29, 0.717) is 0 Å². The largest absolute Gasteiger partial charge is 0.507 e. The summed E-state index contributed by atoms with van der Waals surface area (Å²) in [6, 6.07) is 4.44. The van der Waals surface area contributed by atoms with E-state index in [1.165, 1.54) is 25.3 Å². The molecule has 0 saturated carbocycles. The van der Waals surface area contributed by atoms with Crippen LogP contribution in [0, 0.1) is 0 Å². The van der Waals surface area contributed by atoms with Gasteiger partial charge in [0.2, 0.25) is 17.6 Å². The van der Waals surface area contributed by atoms with Crippen molar-refractivity contribution in [1.29, 1.82) is 0 Å². The number of thiol groups is 1. The molecule has 1 unspecified atom stereocenters. The van der Waals surface area contributed by atoms with Gasteiger partial charge in [-0.3, -0.25) is 28.9 Å². The number of hydrogen-bond donors (Lipinski definition) is 5. The predicted octanol–water partition coefficient (Wildman–Crippen LogP) is 0.275. The first kappa shape index (κ1) is 25.7. The number of methoxy groups -OCH3 is 1. The number of likely N-dealkylation sites (tertiary alicyclic amines) is 1.